The number of nitrogens with one attached hydrogen (secondary N) is 2. The average molecular weight is 236 g/mol. The molecule has 0 aliphatic carbocycles. The lowest BCUT2D eigenvalue weighted by Gasteiger charge is -2.30. The van der Waals surface area contributed by atoms with Crippen LogP contribution in [0.25, 0.3) is 0 Å². The molecule has 0 spiro atoms. The summed E-state index contributed by atoms with van der Waals surface area (Å²) in [5.74, 6) is 0.767. The molecule has 1 aromatic heterocycles. The zero-order valence-corrected chi connectivity index (χ0v) is 10.3. The van der Waals surface area contributed by atoms with E-state index in [2.05, 4.69) is 27.1 Å². The maximum absolute atomic E-state index is 11.3. The molecular formula is C12H20N4O. The number of aromatic amines is 1. The molecule has 0 aromatic carbocycles. The first-order valence-corrected chi connectivity index (χ1v) is 6.32. The molecule has 5 nitrogen and oxygen atoms in total. The van der Waals surface area contributed by atoms with Crippen molar-refractivity contribution in [2.24, 2.45) is 0 Å². The number of hydrogen-bond acceptors (Lipinski definition) is 4. The molecule has 0 radical (unpaired) electrons. The third-order valence-corrected chi connectivity index (χ3v) is 3.22. The summed E-state index contributed by atoms with van der Waals surface area (Å²) in [5.41, 5.74) is -0.0925. The van der Waals surface area contributed by atoms with Gasteiger partial charge < -0.3 is 15.2 Å². The van der Waals surface area contributed by atoms with Crippen LogP contribution in [0, 0.1) is 0 Å². The van der Waals surface area contributed by atoms with Gasteiger partial charge in [-0.3, -0.25) is 4.79 Å². The number of nitrogens with zero attached hydrogens (tertiary/aromatic N) is 2. The van der Waals surface area contributed by atoms with Crippen LogP contribution in [0.5, 0.6) is 0 Å². The topological polar surface area (TPSA) is 61.0 Å². The highest BCUT2D eigenvalue weighted by Gasteiger charge is 2.16. The van der Waals surface area contributed by atoms with Gasteiger partial charge in [-0.05, 0) is 26.3 Å². The van der Waals surface area contributed by atoms with Crippen molar-refractivity contribution in [3.8, 4) is 0 Å². The smallest absolute Gasteiger partial charge is 0.252 e. The summed E-state index contributed by atoms with van der Waals surface area (Å²) < 4.78 is 0. The molecule has 94 valence electrons. The van der Waals surface area contributed by atoms with Gasteiger partial charge in [-0.2, -0.15) is 0 Å². The standard InChI is InChI=1S/C12H20N4O/c1-2-16(8-10-5-3-4-6-13-10)11-7-12(17)15-9-14-11/h7,9-10,13H,2-6,8H2,1H3,(H,14,15,17). The van der Waals surface area contributed by atoms with E-state index in [-0.39, 0.29) is 5.56 Å². The molecule has 2 rings (SSSR count). The molecule has 0 bridgehead atoms. The Hall–Kier alpha value is -1.36. The van der Waals surface area contributed by atoms with E-state index in [1.807, 2.05) is 0 Å². The second kappa shape index (κ2) is 5.82. The van der Waals surface area contributed by atoms with Crippen LogP contribution >= 0.6 is 0 Å². The first-order valence-electron chi connectivity index (χ1n) is 6.32. The number of H-pyrrole nitrogens is 1. The zero-order valence-electron chi connectivity index (χ0n) is 10.3. The van der Waals surface area contributed by atoms with Gasteiger partial charge in [0.25, 0.3) is 5.56 Å². The number of rotatable bonds is 4. The van der Waals surface area contributed by atoms with E-state index in [0.29, 0.717) is 6.04 Å². The Morgan fingerprint density at radius 3 is 3.06 bits per heavy atom. The predicted molar refractivity (Wildman–Crippen MR) is 68.4 cm³/mol. The molecule has 1 unspecified atom stereocenters. The summed E-state index contributed by atoms with van der Waals surface area (Å²) in [5, 5.41) is 3.51. The van der Waals surface area contributed by atoms with Crippen LogP contribution in [0.4, 0.5) is 5.82 Å². The third-order valence-electron chi connectivity index (χ3n) is 3.22. The SMILES string of the molecule is CCN(CC1CCCCN1)c1cc(=O)[nH]cn1. The molecular weight excluding hydrogens is 216 g/mol. The van der Waals surface area contributed by atoms with Crippen molar-refractivity contribution in [1.82, 2.24) is 15.3 Å². The van der Waals surface area contributed by atoms with Gasteiger partial charge in [-0.1, -0.05) is 6.42 Å². The molecule has 0 saturated carbocycles. The van der Waals surface area contributed by atoms with E-state index in [9.17, 15) is 4.79 Å². The number of anilines is 1. The van der Waals surface area contributed by atoms with E-state index in [0.717, 1.165) is 25.5 Å². The molecule has 1 aliphatic rings. The quantitative estimate of drug-likeness (QED) is 0.809. The number of piperidine rings is 1. The minimum Gasteiger partial charge on any atom is -0.355 e. The van der Waals surface area contributed by atoms with Crippen molar-refractivity contribution in [3.05, 3.63) is 22.7 Å². The first-order chi connectivity index (χ1) is 8.29. The Kier molecular flexibility index (Phi) is 4.14. The van der Waals surface area contributed by atoms with Gasteiger partial charge in [-0.15, -0.1) is 0 Å². The van der Waals surface area contributed by atoms with Crippen LogP contribution in [0.1, 0.15) is 26.2 Å². The maximum Gasteiger partial charge on any atom is 0.252 e. The summed E-state index contributed by atoms with van der Waals surface area (Å²) in [6, 6.07) is 2.08. The minimum atomic E-state index is -0.0925. The minimum absolute atomic E-state index is 0.0925. The summed E-state index contributed by atoms with van der Waals surface area (Å²) in [6.45, 7) is 4.98. The van der Waals surface area contributed by atoms with Gasteiger partial charge in [0.2, 0.25) is 0 Å². The predicted octanol–water partition coefficient (Wildman–Crippen LogP) is 0.738. The lowest BCUT2D eigenvalue weighted by Crippen LogP contribution is -2.44. The van der Waals surface area contributed by atoms with Crippen molar-refractivity contribution < 1.29 is 0 Å². The second-order valence-corrected chi connectivity index (χ2v) is 4.45. The lowest BCUT2D eigenvalue weighted by molar-refractivity contribution is 0.399. The summed E-state index contributed by atoms with van der Waals surface area (Å²) in [4.78, 5) is 20.2. The highest BCUT2D eigenvalue weighted by atomic mass is 16.1. The Morgan fingerprint density at radius 2 is 2.41 bits per heavy atom. The van der Waals surface area contributed by atoms with Crippen LogP contribution in [0.3, 0.4) is 0 Å². The monoisotopic (exact) mass is 236 g/mol. The number of aromatic nitrogens is 2. The van der Waals surface area contributed by atoms with Gasteiger partial charge in [0, 0.05) is 25.2 Å². The van der Waals surface area contributed by atoms with Crippen molar-refractivity contribution in [2.45, 2.75) is 32.2 Å². The van der Waals surface area contributed by atoms with Gasteiger partial charge in [0.05, 0.1) is 6.33 Å². The number of hydrogen-bond donors (Lipinski definition) is 2. The Morgan fingerprint density at radius 1 is 1.53 bits per heavy atom. The summed E-state index contributed by atoms with van der Waals surface area (Å²) in [6.07, 6.45) is 5.23. The molecule has 2 heterocycles. The first kappa shape index (κ1) is 12.1. The van der Waals surface area contributed by atoms with Gasteiger partial charge in [-0.25, -0.2) is 4.98 Å². The molecule has 1 atom stereocenters. The Balaban J connectivity index is 2.02. The second-order valence-electron chi connectivity index (χ2n) is 4.45. The van der Waals surface area contributed by atoms with E-state index < -0.39 is 0 Å². The molecule has 0 amide bonds. The van der Waals surface area contributed by atoms with Crippen LogP contribution in [-0.2, 0) is 0 Å². The molecule has 1 fully saturated rings. The van der Waals surface area contributed by atoms with Gasteiger partial charge in [0.1, 0.15) is 5.82 Å². The van der Waals surface area contributed by atoms with E-state index in [4.69, 9.17) is 0 Å². The molecule has 17 heavy (non-hydrogen) atoms. The lowest BCUT2D eigenvalue weighted by atomic mass is 10.0. The fourth-order valence-corrected chi connectivity index (χ4v) is 2.26. The Bertz CT molecular complexity index is 397. The largest absolute Gasteiger partial charge is 0.355 e. The molecule has 1 aromatic rings. The van der Waals surface area contributed by atoms with E-state index >= 15 is 0 Å². The average Bonchev–Trinajstić information content (AvgIpc) is 2.37. The van der Waals surface area contributed by atoms with E-state index in [1.54, 1.807) is 6.07 Å². The van der Waals surface area contributed by atoms with Crippen molar-refractivity contribution in [1.29, 1.82) is 0 Å². The third kappa shape index (κ3) is 3.30. The Labute approximate surface area is 101 Å². The van der Waals surface area contributed by atoms with Crippen LogP contribution < -0.4 is 15.8 Å². The molecule has 5 heteroatoms. The molecule has 1 saturated heterocycles. The summed E-state index contributed by atoms with van der Waals surface area (Å²) in [7, 11) is 0. The van der Waals surface area contributed by atoms with Crippen molar-refractivity contribution in [2.75, 3.05) is 24.5 Å². The van der Waals surface area contributed by atoms with Gasteiger partial charge in [0.15, 0.2) is 0 Å². The van der Waals surface area contributed by atoms with Gasteiger partial charge >= 0.3 is 0 Å². The van der Waals surface area contributed by atoms with Crippen LogP contribution in [0.15, 0.2) is 17.2 Å². The zero-order chi connectivity index (χ0) is 12.1. The van der Waals surface area contributed by atoms with Crippen molar-refractivity contribution in [3.63, 3.8) is 0 Å². The van der Waals surface area contributed by atoms with Crippen LogP contribution in [0.2, 0.25) is 0 Å². The van der Waals surface area contributed by atoms with Crippen LogP contribution in [-0.4, -0.2) is 35.6 Å². The highest BCUT2D eigenvalue weighted by molar-refractivity contribution is 5.36. The fraction of sp³-hybridized carbons (Fsp3) is 0.667. The maximum atomic E-state index is 11.3. The fourth-order valence-electron chi connectivity index (χ4n) is 2.26. The number of likely N-dealkylation sites (N-methyl/N-ethyl adjacent to an activating group) is 1. The normalized spacial score (nSPS) is 20.2. The van der Waals surface area contributed by atoms with Crippen molar-refractivity contribution >= 4 is 5.82 Å². The van der Waals surface area contributed by atoms with E-state index in [1.165, 1.54) is 25.6 Å². The highest BCUT2D eigenvalue weighted by Crippen LogP contribution is 2.12. The summed E-state index contributed by atoms with van der Waals surface area (Å²) >= 11 is 0. The molecule has 2 N–H and O–H groups in total. The molecule has 1 aliphatic heterocycles.